The van der Waals surface area contributed by atoms with Crippen molar-refractivity contribution in [2.45, 2.75) is 32.5 Å². The van der Waals surface area contributed by atoms with Gasteiger partial charge in [0, 0.05) is 11.6 Å². The van der Waals surface area contributed by atoms with E-state index < -0.39 is 29.4 Å². The van der Waals surface area contributed by atoms with Crippen molar-refractivity contribution in [3.8, 4) is 39.8 Å². The summed E-state index contributed by atoms with van der Waals surface area (Å²) in [5.74, 6) is -1.73. The van der Waals surface area contributed by atoms with E-state index in [2.05, 4.69) is 20.2 Å². The molecule has 196 valence electrons. The molecule has 3 heterocycles. The first kappa shape index (κ1) is 25.3. The molecule has 2 aliphatic rings. The first-order valence-corrected chi connectivity index (χ1v) is 11.6. The molecule has 0 amide bonds. The van der Waals surface area contributed by atoms with Crippen molar-refractivity contribution in [1.29, 1.82) is 0 Å². The maximum absolute atomic E-state index is 14.2. The van der Waals surface area contributed by atoms with E-state index in [9.17, 15) is 22.0 Å². The summed E-state index contributed by atoms with van der Waals surface area (Å²) >= 11 is 0. The number of halogens is 5. The van der Waals surface area contributed by atoms with Crippen LogP contribution in [-0.4, -0.2) is 31.5 Å². The first-order valence-electron chi connectivity index (χ1n) is 11.6. The van der Waals surface area contributed by atoms with Crippen molar-refractivity contribution in [2.24, 2.45) is 0 Å². The number of fused-ring (bicyclic) bond motifs is 1. The molecule has 0 radical (unpaired) electrons. The third kappa shape index (κ3) is 4.81. The number of alkyl halides is 3. The van der Waals surface area contributed by atoms with E-state index in [1.807, 2.05) is 6.92 Å². The van der Waals surface area contributed by atoms with Gasteiger partial charge in [-0.15, -0.1) is 0 Å². The van der Waals surface area contributed by atoms with Crippen molar-refractivity contribution in [2.75, 3.05) is 6.61 Å². The molecule has 0 spiro atoms. The van der Waals surface area contributed by atoms with Crippen LogP contribution in [0.3, 0.4) is 0 Å². The number of rotatable bonds is 7. The second-order valence-electron chi connectivity index (χ2n) is 8.52. The number of nitrogens with zero attached hydrogens (tertiary/aromatic N) is 5. The Morgan fingerprint density at radius 3 is 2.55 bits per heavy atom. The molecule has 1 aromatic heterocycles. The summed E-state index contributed by atoms with van der Waals surface area (Å²) in [7, 11) is 0. The number of aromatic nitrogens is 5. The van der Waals surface area contributed by atoms with E-state index in [-0.39, 0.29) is 34.2 Å². The topological polar surface area (TPSA) is 78.9 Å². The lowest BCUT2D eigenvalue weighted by Crippen LogP contribution is -2.10. The summed E-state index contributed by atoms with van der Waals surface area (Å²) in [5.41, 5.74) is -0.430. The Balaban J connectivity index is 1.45. The number of hydrogen-bond donors (Lipinski definition) is 0. The molecule has 2 aromatic carbocycles. The lowest BCUT2D eigenvalue weighted by Gasteiger charge is -2.13. The zero-order valence-electron chi connectivity index (χ0n) is 20.1. The third-order valence-corrected chi connectivity index (χ3v) is 5.86. The van der Waals surface area contributed by atoms with Crippen LogP contribution in [0.4, 0.5) is 22.0 Å². The molecule has 0 saturated carbocycles. The van der Waals surface area contributed by atoms with Crippen LogP contribution in [0.1, 0.15) is 37.6 Å². The first-order chi connectivity index (χ1) is 18.2. The molecule has 3 aromatic rings. The second-order valence-corrected chi connectivity index (χ2v) is 8.52. The molecule has 0 saturated heterocycles. The standard InChI is InChI=1S/C26H20F5N5O2/c1-3-9-37-15-7-8-16(18(10-15)26(29,30)31)20-11-23(38-35-20)14(2)36-13-22-21(12-32-36)33-25(34-22)17-5-4-6-19(27)24(17)28/h4-8,10-14H,3,9H2,1-2H3/t14-/m0/s1. The molecular weight excluding hydrogens is 509 g/mol. The maximum atomic E-state index is 14.2. The van der Waals surface area contributed by atoms with Gasteiger partial charge in [0.15, 0.2) is 23.2 Å². The Labute approximate surface area is 213 Å². The highest BCUT2D eigenvalue weighted by Gasteiger charge is 2.35. The Morgan fingerprint density at radius 1 is 1.00 bits per heavy atom. The van der Waals surface area contributed by atoms with E-state index in [0.717, 1.165) is 12.1 Å². The van der Waals surface area contributed by atoms with Crippen molar-refractivity contribution in [3.63, 3.8) is 0 Å². The summed E-state index contributed by atoms with van der Waals surface area (Å²) in [6, 6.07) is 8.23. The van der Waals surface area contributed by atoms with Gasteiger partial charge < -0.3 is 9.26 Å². The van der Waals surface area contributed by atoms with Crippen LogP contribution in [0.25, 0.3) is 34.0 Å². The van der Waals surface area contributed by atoms with Gasteiger partial charge >= 0.3 is 6.18 Å². The summed E-state index contributed by atoms with van der Waals surface area (Å²) in [6.07, 6.45) is -1.06. The minimum atomic E-state index is -4.64. The van der Waals surface area contributed by atoms with Crippen molar-refractivity contribution >= 4 is 0 Å². The molecule has 0 fully saturated rings. The average molecular weight is 529 g/mol. The Bertz CT molecular complexity index is 1560. The monoisotopic (exact) mass is 529 g/mol. The van der Waals surface area contributed by atoms with Crippen LogP contribution in [-0.2, 0) is 6.18 Å². The Morgan fingerprint density at radius 2 is 1.79 bits per heavy atom. The molecule has 0 unspecified atom stereocenters. The molecule has 0 aliphatic carbocycles. The maximum Gasteiger partial charge on any atom is 0.417 e. The predicted molar refractivity (Wildman–Crippen MR) is 126 cm³/mol. The van der Waals surface area contributed by atoms with Crippen LogP contribution in [0.5, 0.6) is 5.75 Å². The summed E-state index contributed by atoms with van der Waals surface area (Å²) in [6.45, 7) is 3.86. The molecule has 2 aliphatic heterocycles. The predicted octanol–water partition coefficient (Wildman–Crippen LogP) is 6.80. The number of hydrogen-bond acceptors (Lipinski definition) is 6. The summed E-state index contributed by atoms with van der Waals surface area (Å²) in [4.78, 5) is 8.49. The number of benzene rings is 2. The van der Waals surface area contributed by atoms with Gasteiger partial charge in [-0.3, -0.25) is 4.68 Å². The fourth-order valence-electron chi connectivity index (χ4n) is 3.88. The van der Waals surface area contributed by atoms with E-state index in [0.29, 0.717) is 24.4 Å². The highest BCUT2D eigenvalue weighted by molar-refractivity contribution is 5.67. The number of imidazole rings is 1. The number of ether oxygens (including phenoxy) is 1. The van der Waals surface area contributed by atoms with Gasteiger partial charge in [-0.05, 0) is 43.7 Å². The SMILES string of the molecule is CCCOc1ccc(-c2cc([C@H](C)n3cc4nc(-c5cccc(F)c5F)nc-4cn3)on2)c(C(F)(F)F)c1. The zero-order chi connectivity index (χ0) is 27.0. The van der Waals surface area contributed by atoms with Crippen molar-refractivity contribution in [3.05, 3.63) is 77.8 Å². The van der Waals surface area contributed by atoms with E-state index in [1.54, 1.807) is 6.92 Å². The highest BCUT2D eigenvalue weighted by Crippen LogP contribution is 2.39. The van der Waals surface area contributed by atoms with Gasteiger partial charge in [-0.25, -0.2) is 18.7 Å². The lowest BCUT2D eigenvalue weighted by atomic mass is 10.0. The average Bonchev–Trinajstić information content (AvgIpc) is 3.55. The van der Waals surface area contributed by atoms with Crippen LogP contribution in [0, 0.1) is 11.6 Å². The Kier molecular flexibility index (Phi) is 6.55. The lowest BCUT2D eigenvalue weighted by molar-refractivity contribution is -0.137. The van der Waals surface area contributed by atoms with Crippen LogP contribution in [0.2, 0.25) is 0 Å². The largest absolute Gasteiger partial charge is 0.494 e. The van der Waals surface area contributed by atoms with Crippen molar-refractivity contribution < 1.29 is 31.2 Å². The van der Waals surface area contributed by atoms with Gasteiger partial charge in [-0.2, -0.15) is 18.3 Å². The van der Waals surface area contributed by atoms with Gasteiger partial charge in [0.05, 0.1) is 30.1 Å². The van der Waals surface area contributed by atoms with Crippen LogP contribution in [0.15, 0.2) is 59.4 Å². The van der Waals surface area contributed by atoms with Gasteiger partial charge in [0.25, 0.3) is 0 Å². The molecular formula is C26H20F5N5O2. The smallest absolute Gasteiger partial charge is 0.417 e. The van der Waals surface area contributed by atoms with E-state index in [4.69, 9.17) is 9.26 Å². The summed E-state index contributed by atoms with van der Waals surface area (Å²) < 4.78 is 81.4. The summed E-state index contributed by atoms with van der Waals surface area (Å²) in [5, 5.41) is 8.13. The normalized spacial score (nSPS) is 12.7. The molecule has 7 nitrogen and oxygen atoms in total. The second kappa shape index (κ2) is 9.84. The molecule has 1 atom stereocenters. The fraction of sp³-hybridized carbons (Fsp3) is 0.231. The van der Waals surface area contributed by atoms with Crippen LogP contribution < -0.4 is 4.74 Å². The van der Waals surface area contributed by atoms with Gasteiger partial charge in [-0.1, -0.05) is 18.1 Å². The highest BCUT2D eigenvalue weighted by atomic mass is 19.4. The molecule has 12 heteroatoms. The fourth-order valence-corrected chi connectivity index (χ4v) is 3.88. The molecule has 0 N–H and O–H groups in total. The minimum Gasteiger partial charge on any atom is -0.494 e. The quantitative estimate of drug-likeness (QED) is 0.216. The van der Waals surface area contributed by atoms with E-state index in [1.165, 1.54) is 47.4 Å². The Hall–Kier alpha value is -4.35. The molecule has 38 heavy (non-hydrogen) atoms. The van der Waals surface area contributed by atoms with Crippen molar-refractivity contribution in [1.82, 2.24) is 24.9 Å². The van der Waals surface area contributed by atoms with Crippen LogP contribution >= 0.6 is 0 Å². The molecule has 0 bridgehead atoms. The van der Waals surface area contributed by atoms with Gasteiger partial charge in [0.2, 0.25) is 0 Å². The zero-order valence-corrected chi connectivity index (χ0v) is 20.1. The molecule has 5 rings (SSSR count). The van der Waals surface area contributed by atoms with Gasteiger partial charge in [0.1, 0.15) is 28.9 Å². The third-order valence-electron chi connectivity index (χ3n) is 5.86. The van der Waals surface area contributed by atoms with E-state index >= 15 is 0 Å². The minimum absolute atomic E-state index is 0.000127.